The predicted molar refractivity (Wildman–Crippen MR) is 128 cm³/mol. The number of thioether (sulfide) groups is 1. The second-order valence-electron chi connectivity index (χ2n) is 7.60. The standard InChI is InChI=1S/C24H20ClN5OS/c1-14-12-15(2)27-24(26-14)30-23-20(21(29-30)16-8-4-3-5-9-16)22(32-13-19(31)28-23)17-10-6-7-11-18(17)25/h3-12,22H,13H2,1-2H3,(H,28,31). The highest BCUT2D eigenvalue weighted by Crippen LogP contribution is 2.48. The van der Waals surface area contributed by atoms with E-state index < -0.39 is 0 Å². The molecule has 1 amide bonds. The van der Waals surface area contributed by atoms with Crippen molar-refractivity contribution in [2.75, 3.05) is 11.1 Å². The number of aryl methyl sites for hydroxylation is 2. The molecular weight excluding hydrogens is 442 g/mol. The molecule has 2 aromatic carbocycles. The average molecular weight is 462 g/mol. The van der Waals surface area contributed by atoms with E-state index >= 15 is 0 Å². The van der Waals surface area contributed by atoms with Gasteiger partial charge in [-0.05, 0) is 31.5 Å². The van der Waals surface area contributed by atoms with Gasteiger partial charge in [-0.15, -0.1) is 11.8 Å². The highest BCUT2D eigenvalue weighted by Gasteiger charge is 2.34. The fraction of sp³-hybridized carbons (Fsp3) is 0.167. The molecule has 32 heavy (non-hydrogen) atoms. The summed E-state index contributed by atoms with van der Waals surface area (Å²) in [7, 11) is 0. The first kappa shape index (κ1) is 20.7. The van der Waals surface area contributed by atoms with Gasteiger partial charge in [-0.3, -0.25) is 4.79 Å². The monoisotopic (exact) mass is 461 g/mol. The molecule has 1 aliphatic rings. The first-order valence-electron chi connectivity index (χ1n) is 10.2. The van der Waals surface area contributed by atoms with Crippen molar-refractivity contribution >= 4 is 35.1 Å². The van der Waals surface area contributed by atoms with E-state index in [0.717, 1.165) is 33.8 Å². The zero-order valence-corrected chi connectivity index (χ0v) is 19.1. The molecule has 8 heteroatoms. The molecule has 1 unspecified atom stereocenters. The fourth-order valence-corrected chi connectivity index (χ4v) is 5.37. The normalized spacial score (nSPS) is 15.7. The van der Waals surface area contributed by atoms with E-state index in [1.165, 1.54) is 11.8 Å². The second kappa shape index (κ2) is 8.41. The summed E-state index contributed by atoms with van der Waals surface area (Å²) in [6.45, 7) is 3.83. The molecule has 0 bridgehead atoms. The molecule has 4 aromatic rings. The van der Waals surface area contributed by atoms with Crippen molar-refractivity contribution in [2.24, 2.45) is 0 Å². The molecule has 160 valence electrons. The van der Waals surface area contributed by atoms with Crippen molar-refractivity contribution in [3.8, 4) is 17.2 Å². The molecule has 0 saturated heterocycles. The molecule has 0 radical (unpaired) electrons. The smallest absolute Gasteiger partial charge is 0.252 e. The van der Waals surface area contributed by atoms with Crippen LogP contribution in [0.25, 0.3) is 17.2 Å². The maximum Gasteiger partial charge on any atom is 0.252 e. The van der Waals surface area contributed by atoms with E-state index in [0.29, 0.717) is 22.5 Å². The van der Waals surface area contributed by atoms with Crippen LogP contribution in [-0.4, -0.2) is 31.4 Å². The van der Waals surface area contributed by atoms with E-state index in [1.807, 2.05) is 74.5 Å². The Balaban J connectivity index is 1.82. The van der Waals surface area contributed by atoms with Gasteiger partial charge in [0.1, 0.15) is 5.82 Å². The van der Waals surface area contributed by atoms with Crippen molar-refractivity contribution < 1.29 is 4.79 Å². The minimum absolute atomic E-state index is 0.101. The Bertz CT molecular complexity index is 1300. The molecule has 6 nitrogen and oxygen atoms in total. The van der Waals surface area contributed by atoms with Crippen molar-refractivity contribution in [1.29, 1.82) is 0 Å². The minimum Gasteiger partial charge on any atom is -0.309 e. The van der Waals surface area contributed by atoms with Gasteiger partial charge in [0.2, 0.25) is 5.91 Å². The number of nitrogens with zero attached hydrogens (tertiary/aromatic N) is 4. The summed E-state index contributed by atoms with van der Waals surface area (Å²) in [6.07, 6.45) is 0. The second-order valence-corrected chi connectivity index (χ2v) is 9.10. The molecule has 1 N–H and O–H groups in total. The number of carbonyl (C=O) groups is 1. The molecule has 1 atom stereocenters. The lowest BCUT2D eigenvalue weighted by Gasteiger charge is -2.17. The highest BCUT2D eigenvalue weighted by atomic mass is 35.5. The first-order chi connectivity index (χ1) is 15.5. The van der Waals surface area contributed by atoms with E-state index in [-0.39, 0.29) is 11.2 Å². The van der Waals surface area contributed by atoms with Crippen LogP contribution in [0.5, 0.6) is 0 Å². The number of fused-ring (bicyclic) bond motifs is 1. The summed E-state index contributed by atoms with van der Waals surface area (Å²) in [4.78, 5) is 21.9. The number of anilines is 1. The quantitative estimate of drug-likeness (QED) is 0.443. The van der Waals surface area contributed by atoms with Crippen LogP contribution in [0, 0.1) is 13.8 Å². The Kier molecular flexibility index (Phi) is 5.45. The van der Waals surface area contributed by atoms with Gasteiger partial charge in [-0.2, -0.15) is 9.78 Å². The third-order valence-electron chi connectivity index (χ3n) is 5.22. The Morgan fingerprint density at radius 3 is 2.44 bits per heavy atom. The maximum absolute atomic E-state index is 12.7. The molecule has 0 spiro atoms. The van der Waals surface area contributed by atoms with E-state index in [9.17, 15) is 4.79 Å². The van der Waals surface area contributed by atoms with E-state index in [2.05, 4.69) is 15.3 Å². The van der Waals surface area contributed by atoms with Gasteiger partial charge >= 0.3 is 0 Å². The van der Waals surface area contributed by atoms with Crippen molar-refractivity contribution in [3.63, 3.8) is 0 Å². The number of carbonyl (C=O) groups excluding carboxylic acids is 1. The van der Waals surface area contributed by atoms with Crippen LogP contribution in [0.4, 0.5) is 5.82 Å². The molecule has 5 rings (SSSR count). The van der Waals surface area contributed by atoms with Gasteiger partial charge in [-0.1, -0.05) is 60.1 Å². The Morgan fingerprint density at radius 2 is 1.72 bits per heavy atom. The summed E-state index contributed by atoms with van der Waals surface area (Å²) in [6, 6.07) is 19.6. The van der Waals surface area contributed by atoms with Crippen molar-refractivity contribution in [3.05, 3.63) is 88.2 Å². The number of aromatic nitrogens is 4. The van der Waals surface area contributed by atoms with Gasteiger partial charge in [-0.25, -0.2) is 9.97 Å². The van der Waals surface area contributed by atoms with Crippen molar-refractivity contribution in [2.45, 2.75) is 19.1 Å². The molecular formula is C24H20ClN5OS. The Hall–Kier alpha value is -3.16. The lowest BCUT2D eigenvalue weighted by atomic mass is 10.00. The maximum atomic E-state index is 12.7. The van der Waals surface area contributed by atoms with Crippen LogP contribution >= 0.6 is 23.4 Å². The fourth-order valence-electron chi connectivity index (χ4n) is 3.90. The van der Waals surface area contributed by atoms with Crippen LogP contribution in [0.3, 0.4) is 0 Å². The number of amides is 1. The zero-order chi connectivity index (χ0) is 22.2. The van der Waals surface area contributed by atoms with Gasteiger partial charge in [0.05, 0.1) is 16.7 Å². The third-order valence-corrected chi connectivity index (χ3v) is 6.81. The van der Waals surface area contributed by atoms with Gasteiger partial charge in [0, 0.05) is 27.5 Å². The van der Waals surface area contributed by atoms with Crippen LogP contribution in [0.2, 0.25) is 5.02 Å². The summed E-state index contributed by atoms with van der Waals surface area (Å²) in [5, 5.41) is 8.44. The average Bonchev–Trinajstić information content (AvgIpc) is 3.05. The zero-order valence-electron chi connectivity index (χ0n) is 17.5. The summed E-state index contributed by atoms with van der Waals surface area (Å²) in [5.41, 5.74) is 5.20. The SMILES string of the molecule is Cc1cc(C)nc(-n2nc(-c3ccccc3)c3c2NC(=O)CSC3c2ccccc2Cl)n1. The molecule has 1 aliphatic heterocycles. The van der Waals surface area contributed by atoms with Crippen molar-refractivity contribution in [1.82, 2.24) is 19.7 Å². The number of halogens is 1. The number of hydrogen-bond acceptors (Lipinski definition) is 5. The van der Waals surface area contributed by atoms with Crippen LogP contribution in [-0.2, 0) is 4.79 Å². The molecule has 0 fully saturated rings. The molecule has 2 aromatic heterocycles. The number of rotatable bonds is 3. The van der Waals surface area contributed by atoms with E-state index in [1.54, 1.807) is 4.68 Å². The topological polar surface area (TPSA) is 72.7 Å². The third kappa shape index (κ3) is 3.78. The van der Waals surface area contributed by atoms with Crippen LogP contribution < -0.4 is 5.32 Å². The summed E-state index contributed by atoms with van der Waals surface area (Å²) in [5.74, 6) is 1.20. The Labute approximate surface area is 195 Å². The number of nitrogens with one attached hydrogen (secondary N) is 1. The predicted octanol–water partition coefficient (Wildman–Crippen LogP) is 5.37. The van der Waals surface area contributed by atoms with Crippen LogP contribution in [0.15, 0.2) is 60.7 Å². The Morgan fingerprint density at radius 1 is 1.03 bits per heavy atom. The van der Waals surface area contributed by atoms with Gasteiger partial charge in [0.15, 0.2) is 0 Å². The highest BCUT2D eigenvalue weighted by molar-refractivity contribution is 8.00. The summed E-state index contributed by atoms with van der Waals surface area (Å²) < 4.78 is 1.64. The molecule has 0 aliphatic carbocycles. The first-order valence-corrected chi connectivity index (χ1v) is 11.6. The number of hydrogen-bond donors (Lipinski definition) is 1. The van der Waals surface area contributed by atoms with Gasteiger partial charge in [0.25, 0.3) is 5.95 Å². The lowest BCUT2D eigenvalue weighted by molar-refractivity contribution is -0.113. The van der Waals surface area contributed by atoms with Gasteiger partial charge < -0.3 is 5.32 Å². The molecule has 0 saturated carbocycles. The van der Waals surface area contributed by atoms with Crippen LogP contribution in [0.1, 0.15) is 27.8 Å². The minimum atomic E-state index is -0.187. The summed E-state index contributed by atoms with van der Waals surface area (Å²) >= 11 is 8.14. The largest absolute Gasteiger partial charge is 0.309 e. The van der Waals surface area contributed by atoms with E-state index in [4.69, 9.17) is 16.7 Å². The number of benzene rings is 2. The lowest BCUT2D eigenvalue weighted by Crippen LogP contribution is -2.17. The molecule has 3 heterocycles.